The number of hydroxylamine groups is 2. The van der Waals surface area contributed by atoms with Crippen LogP contribution in [-0.4, -0.2) is 18.1 Å². The second-order valence-electron chi connectivity index (χ2n) is 2.97. The number of halogens is 2. The molecule has 1 amide bonds. The zero-order chi connectivity index (χ0) is 11.4. The molecule has 5 heteroatoms. The first-order chi connectivity index (χ1) is 7.04. The van der Waals surface area contributed by atoms with Crippen LogP contribution in [0.4, 0.5) is 4.39 Å². The van der Waals surface area contributed by atoms with Gasteiger partial charge in [0.15, 0.2) is 0 Å². The molecule has 0 bridgehead atoms. The summed E-state index contributed by atoms with van der Waals surface area (Å²) in [4.78, 5) is 15.9. The lowest BCUT2D eigenvalue weighted by atomic mass is 10.2. The summed E-state index contributed by atoms with van der Waals surface area (Å²) in [6.07, 6.45) is 0. The van der Waals surface area contributed by atoms with Crippen LogP contribution in [0.15, 0.2) is 18.2 Å². The Balaban J connectivity index is 2.84. The van der Waals surface area contributed by atoms with Gasteiger partial charge >= 0.3 is 0 Å². The Morgan fingerprint density at radius 1 is 1.60 bits per heavy atom. The maximum atomic E-state index is 12.7. The topological polar surface area (TPSA) is 29.5 Å². The number of hydrogen-bond donors (Lipinski definition) is 0. The molecule has 0 heterocycles. The molecule has 1 aromatic carbocycles. The Labute approximate surface area is 92.3 Å². The van der Waals surface area contributed by atoms with E-state index in [-0.39, 0.29) is 17.5 Å². The van der Waals surface area contributed by atoms with Crippen molar-refractivity contribution in [3.05, 3.63) is 34.6 Å². The first-order valence-electron chi connectivity index (χ1n) is 4.30. The van der Waals surface area contributed by atoms with Crippen molar-refractivity contribution in [3.63, 3.8) is 0 Å². The maximum absolute atomic E-state index is 12.7. The van der Waals surface area contributed by atoms with Crippen molar-refractivity contribution in [1.29, 1.82) is 0 Å². The largest absolute Gasteiger partial charge is 0.274 e. The molecular formula is C10H11ClFNO2. The van der Waals surface area contributed by atoms with Gasteiger partial charge in [-0.05, 0) is 17.7 Å². The zero-order valence-electron chi connectivity index (χ0n) is 8.46. The van der Waals surface area contributed by atoms with Gasteiger partial charge in [0.25, 0.3) is 0 Å². The fourth-order valence-electron chi connectivity index (χ4n) is 1.11. The Hall–Kier alpha value is -1.13. The van der Waals surface area contributed by atoms with Gasteiger partial charge in [-0.1, -0.05) is 17.7 Å². The fourth-order valence-corrected chi connectivity index (χ4v) is 1.34. The highest BCUT2D eigenvalue weighted by Gasteiger charge is 2.11. The molecule has 0 atom stereocenters. The lowest BCUT2D eigenvalue weighted by molar-refractivity contribution is -0.176. The minimum Gasteiger partial charge on any atom is -0.274 e. The molecule has 0 aliphatic heterocycles. The van der Waals surface area contributed by atoms with Crippen LogP contribution in [0.1, 0.15) is 12.5 Å². The quantitative estimate of drug-likeness (QED) is 0.748. The summed E-state index contributed by atoms with van der Waals surface area (Å²) < 4.78 is 12.7. The summed E-state index contributed by atoms with van der Waals surface area (Å²) in [6, 6.07) is 4.01. The van der Waals surface area contributed by atoms with Gasteiger partial charge in [0.1, 0.15) is 5.82 Å². The van der Waals surface area contributed by atoms with Gasteiger partial charge < -0.3 is 0 Å². The van der Waals surface area contributed by atoms with Crippen molar-refractivity contribution in [2.45, 2.75) is 13.5 Å². The monoisotopic (exact) mass is 231 g/mol. The summed E-state index contributed by atoms with van der Waals surface area (Å²) in [5.74, 6) is -0.645. The van der Waals surface area contributed by atoms with Crippen LogP contribution in [0.5, 0.6) is 0 Å². The summed E-state index contributed by atoms with van der Waals surface area (Å²) in [5.41, 5.74) is 0.634. The second kappa shape index (κ2) is 5.09. The number of carbonyl (C=O) groups excluding carboxylic acids is 1. The molecule has 15 heavy (non-hydrogen) atoms. The highest BCUT2D eigenvalue weighted by molar-refractivity contribution is 6.31. The minimum absolute atomic E-state index is 0.199. The average molecular weight is 232 g/mol. The Bertz CT molecular complexity index is 370. The van der Waals surface area contributed by atoms with Crippen LogP contribution < -0.4 is 0 Å². The fraction of sp³-hybridized carbons (Fsp3) is 0.300. The smallest absolute Gasteiger partial charge is 0.243 e. The van der Waals surface area contributed by atoms with Crippen molar-refractivity contribution in [1.82, 2.24) is 5.06 Å². The van der Waals surface area contributed by atoms with Crippen LogP contribution in [0.2, 0.25) is 5.02 Å². The van der Waals surface area contributed by atoms with Gasteiger partial charge in [-0.2, -0.15) is 0 Å². The van der Waals surface area contributed by atoms with Crippen LogP contribution >= 0.6 is 11.6 Å². The maximum Gasteiger partial charge on any atom is 0.243 e. The summed E-state index contributed by atoms with van der Waals surface area (Å²) in [6.45, 7) is 1.58. The third kappa shape index (κ3) is 3.18. The zero-order valence-corrected chi connectivity index (χ0v) is 9.21. The van der Waals surface area contributed by atoms with Gasteiger partial charge in [-0.25, -0.2) is 9.45 Å². The number of nitrogens with zero attached hydrogens (tertiary/aromatic N) is 1. The van der Waals surface area contributed by atoms with Crippen LogP contribution in [-0.2, 0) is 16.2 Å². The van der Waals surface area contributed by atoms with Crippen LogP contribution in [0, 0.1) is 5.82 Å². The van der Waals surface area contributed by atoms with Crippen molar-refractivity contribution in [2.75, 3.05) is 7.11 Å². The summed E-state index contributed by atoms with van der Waals surface area (Å²) in [7, 11) is 1.39. The molecule has 0 saturated heterocycles. The predicted molar refractivity (Wildman–Crippen MR) is 54.6 cm³/mol. The molecule has 0 N–H and O–H groups in total. The summed E-state index contributed by atoms with van der Waals surface area (Å²) >= 11 is 5.80. The van der Waals surface area contributed by atoms with Crippen molar-refractivity contribution >= 4 is 17.5 Å². The molecule has 3 nitrogen and oxygen atoms in total. The third-order valence-electron chi connectivity index (χ3n) is 1.90. The van der Waals surface area contributed by atoms with E-state index < -0.39 is 5.82 Å². The molecular weight excluding hydrogens is 221 g/mol. The Kier molecular flexibility index (Phi) is 4.05. The van der Waals surface area contributed by atoms with Crippen molar-refractivity contribution < 1.29 is 14.0 Å². The Morgan fingerprint density at radius 3 is 2.73 bits per heavy atom. The third-order valence-corrected chi connectivity index (χ3v) is 2.25. The van der Waals surface area contributed by atoms with Gasteiger partial charge in [0.05, 0.1) is 13.7 Å². The van der Waals surface area contributed by atoms with E-state index in [2.05, 4.69) is 0 Å². The molecule has 82 valence electrons. The predicted octanol–water partition coefficient (Wildman–Crippen LogP) is 2.39. The lowest BCUT2D eigenvalue weighted by Crippen LogP contribution is -2.26. The van der Waals surface area contributed by atoms with Gasteiger partial charge in [0, 0.05) is 11.9 Å². The van der Waals surface area contributed by atoms with E-state index in [1.165, 1.54) is 32.2 Å². The molecule has 0 unspecified atom stereocenters. The highest BCUT2D eigenvalue weighted by Crippen LogP contribution is 2.19. The first-order valence-corrected chi connectivity index (χ1v) is 4.68. The SMILES string of the molecule is CON(Cc1ccc(F)cc1Cl)C(C)=O. The average Bonchev–Trinajstić information content (AvgIpc) is 2.16. The van der Waals surface area contributed by atoms with E-state index in [4.69, 9.17) is 16.4 Å². The molecule has 0 radical (unpaired) electrons. The second-order valence-corrected chi connectivity index (χ2v) is 3.38. The molecule has 0 aliphatic rings. The van der Waals surface area contributed by atoms with E-state index in [1.54, 1.807) is 0 Å². The number of amides is 1. The van der Waals surface area contributed by atoms with Crippen LogP contribution in [0.25, 0.3) is 0 Å². The molecule has 1 aromatic rings. The number of hydrogen-bond acceptors (Lipinski definition) is 2. The molecule has 0 spiro atoms. The van der Waals surface area contributed by atoms with Gasteiger partial charge in [0.2, 0.25) is 5.91 Å². The standard InChI is InChI=1S/C10H11ClFNO2/c1-7(14)13(15-2)6-8-3-4-9(12)5-10(8)11/h3-5H,6H2,1-2H3. The van der Waals surface area contributed by atoms with Gasteiger partial charge in [-0.3, -0.25) is 9.63 Å². The minimum atomic E-state index is -0.407. The molecule has 0 aliphatic carbocycles. The van der Waals surface area contributed by atoms with Crippen LogP contribution in [0.3, 0.4) is 0 Å². The number of rotatable bonds is 3. The van der Waals surface area contributed by atoms with E-state index in [0.29, 0.717) is 5.56 Å². The highest BCUT2D eigenvalue weighted by atomic mass is 35.5. The normalized spacial score (nSPS) is 10.1. The van der Waals surface area contributed by atoms with Crippen molar-refractivity contribution in [2.24, 2.45) is 0 Å². The molecule has 1 rings (SSSR count). The van der Waals surface area contributed by atoms with E-state index in [9.17, 15) is 9.18 Å². The lowest BCUT2D eigenvalue weighted by Gasteiger charge is -2.18. The number of carbonyl (C=O) groups is 1. The molecule has 0 fully saturated rings. The number of benzene rings is 1. The molecule has 0 saturated carbocycles. The van der Waals surface area contributed by atoms with Crippen molar-refractivity contribution in [3.8, 4) is 0 Å². The van der Waals surface area contributed by atoms with E-state index in [1.807, 2.05) is 0 Å². The van der Waals surface area contributed by atoms with E-state index in [0.717, 1.165) is 5.06 Å². The Morgan fingerprint density at radius 2 is 2.27 bits per heavy atom. The summed E-state index contributed by atoms with van der Waals surface area (Å²) in [5, 5.41) is 1.41. The molecule has 0 aromatic heterocycles. The first kappa shape index (κ1) is 11.9. The van der Waals surface area contributed by atoms with E-state index >= 15 is 0 Å². The van der Waals surface area contributed by atoms with Gasteiger partial charge in [-0.15, -0.1) is 0 Å².